The maximum atomic E-state index is 11.6. The van der Waals surface area contributed by atoms with Gasteiger partial charge < -0.3 is 10.5 Å². The molecule has 2 N–H and O–H groups in total. The van der Waals surface area contributed by atoms with Gasteiger partial charge in [0.1, 0.15) is 0 Å². The van der Waals surface area contributed by atoms with Gasteiger partial charge in [-0.2, -0.15) is 0 Å². The van der Waals surface area contributed by atoms with E-state index < -0.39 is 6.09 Å². The van der Waals surface area contributed by atoms with Gasteiger partial charge in [0.15, 0.2) is 0 Å². The van der Waals surface area contributed by atoms with Crippen LogP contribution >= 0.6 is 0 Å². The number of aromatic nitrogens is 1. The molecule has 0 aliphatic carbocycles. The zero-order valence-electron chi connectivity index (χ0n) is 8.84. The Balaban J connectivity index is 2.89. The third kappa shape index (κ3) is 2.92. The summed E-state index contributed by atoms with van der Waals surface area (Å²) in [4.78, 5) is 30.5. The summed E-state index contributed by atoms with van der Waals surface area (Å²) in [5.74, 6) is -0.429. The van der Waals surface area contributed by atoms with Gasteiger partial charge in [0.25, 0.3) is 5.91 Å². The predicted molar refractivity (Wildman–Crippen MR) is 53.6 cm³/mol. The van der Waals surface area contributed by atoms with E-state index in [2.05, 4.69) is 9.72 Å². The van der Waals surface area contributed by atoms with E-state index in [0.717, 1.165) is 5.06 Å². The molecule has 2 amide bonds. The number of ether oxygens (including phenoxy) is 1. The van der Waals surface area contributed by atoms with Gasteiger partial charge in [0.2, 0.25) is 5.88 Å². The summed E-state index contributed by atoms with van der Waals surface area (Å²) in [6.45, 7) is 0. The Morgan fingerprint density at radius 3 is 2.75 bits per heavy atom. The lowest BCUT2D eigenvalue weighted by atomic mass is 10.2. The van der Waals surface area contributed by atoms with Crippen LogP contribution in [0.15, 0.2) is 18.3 Å². The fraction of sp³-hybridized carbons (Fsp3) is 0.222. The van der Waals surface area contributed by atoms with E-state index in [4.69, 9.17) is 10.6 Å². The van der Waals surface area contributed by atoms with E-state index in [-0.39, 0.29) is 17.4 Å². The van der Waals surface area contributed by atoms with Crippen LogP contribution in [0.4, 0.5) is 4.79 Å². The van der Waals surface area contributed by atoms with Crippen LogP contribution in [-0.4, -0.2) is 36.2 Å². The molecule has 86 valence electrons. The molecule has 7 nitrogen and oxygen atoms in total. The zero-order valence-corrected chi connectivity index (χ0v) is 8.84. The number of hydrogen-bond acceptors (Lipinski definition) is 5. The third-order valence-corrected chi connectivity index (χ3v) is 1.75. The molecular formula is C9H11N3O4. The van der Waals surface area contributed by atoms with Crippen LogP contribution in [-0.2, 0) is 4.84 Å². The highest BCUT2D eigenvalue weighted by molar-refractivity contribution is 5.93. The Kier molecular flexibility index (Phi) is 3.78. The number of pyridine rings is 1. The van der Waals surface area contributed by atoms with Crippen molar-refractivity contribution in [3.05, 3.63) is 23.9 Å². The lowest BCUT2D eigenvalue weighted by molar-refractivity contribution is -0.0757. The highest BCUT2D eigenvalue weighted by atomic mass is 16.7. The zero-order chi connectivity index (χ0) is 12.1. The van der Waals surface area contributed by atoms with Crippen molar-refractivity contribution in [1.29, 1.82) is 0 Å². The third-order valence-electron chi connectivity index (χ3n) is 1.75. The maximum Gasteiger partial charge on any atom is 0.411 e. The first-order chi connectivity index (χ1) is 7.54. The molecule has 0 bridgehead atoms. The molecule has 1 rings (SSSR count). The SMILES string of the molecule is CON(C)C(=O)c1ccnc(OC(N)=O)c1. The highest BCUT2D eigenvalue weighted by Crippen LogP contribution is 2.11. The molecule has 0 fully saturated rings. The molecule has 7 heteroatoms. The minimum Gasteiger partial charge on any atom is -0.391 e. The first-order valence-corrected chi connectivity index (χ1v) is 4.30. The number of carbonyl (C=O) groups excluding carboxylic acids is 2. The van der Waals surface area contributed by atoms with Crippen LogP contribution < -0.4 is 10.5 Å². The number of nitrogens with two attached hydrogens (primary N) is 1. The van der Waals surface area contributed by atoms with E-state index in [1.165, 1.54) is 32.5 Å². The summed E-state index contributed by atoms with van der Waals surface area (Å²) in [7, 11) is 2.82. The van der Waals surface area contributed by atoms with Gasteiger partial charge in [-0.25, -0.2) is 14.8 Å². The van der Waals surface area contributed by atoms with Gasteiger partial charge in [-0.1, -0.05) is 0 Å². The lowest BCUT2D eigenvalue weighted by Gasteiger charge is -2.13. The Hall–Kier alpha value is -2.15. The van der Waals surface area contributed by atoms with Gasteiger partial charge in [-0.05, 0) is 6.07 Å². The Morgan fingerprint density at radius 1 is 1.50 bits per heavy atom. The van der Waals surface area contributed by atoms with Crippen molar-refractivity contribution >= 4 is 12.0 Å². The molecule has 16 heavy (non-hydrogen) atoms. The van der Waals surface area contributed by atoms with Gasteiger partial charge in [-0.3, -0.25) is 9.63 Å². The number of amides is 2. The van der Waals surface area contributed by atoms with Crippen molar-refractivity contribution in [3.63, 3.8) is 0 Å². The van der Waals surface area contributed by atoms with Crippen LogP contribution in [0.1, 0.15) is 10.4 Å². The second-order valence-corrected chi connectivity index (χ2v) is 2.79. The van der Waals surface area contributed by atoms with Crippen LogP contribution in [0, 0.1) is 0 Å². The first kappa shape index (κ1) is 11.9. The van der Waals surface area contributed by atoms with Gasteiger partial charge in [0, 0.05) is 24.9 Å². The van der Waals surface area contributed by atoms with Crippen LogP contribution in [0.2, 0.25) is 0 Å². The molecule has 0 aliphatic rings. The summed E-state index contributed by atoms with van der Waals surface area (Å²) in [6, 6.07) is 2.76. The Morgan fingerprint density at radius 2 is 2.19 bits per heavy atom. The van der Waals surface area contributed by atoms with Crippen LogP contribution in [0.5, 0.6) is 5.88 Å². The van der Waals surface area contributed by atoms with Crippen molar-refractivity contribution < 1.29 is 19.2 Å². The van der Waals surface area contributed by atoms with Gasteiger partial charge >= 0.3 is 6.09 Å². The largest absolute Gasteiger partial charge is 0.411 e. The van der Waals surface area contributed by atoms with E-state index in [0.29, 0.717) is 0 Å². The second kappa shape index (κ2) is 5.08. The molecule has 0 saturated heterocycles. The number of nitrogens with zero attached hydrogens (tertiary/aromatic N) is 2. The summed E-state index contributed by atoms with van der Waals surface area (Å²) in [6.07, 6.45) is 0.340. The second-order valence-electron chi connectivity index (χ2n) is 2.79. The molecule has 1 aromatic rings. The fourth-order valence-electron chi connectivity index (χ4n) is 0.966. The average Bonchev–Trinajstić information content (AvgIpc) is 2.26. The molecule has 0 atom stereocenters. The summed E-state index contributed by atoms with van der Waals surface area (Å²) in [5, 5.41) is 1.03. The number of hydroxylamine groups is 2. The van der Waals surface area contributed by atoms with Crippen molar-refractivity contribution in [2.24, 2.45) is 5.73 Å². The Bertz CT molecular complexity index is 407. The van der Waals surface area contributed by atoms with Crippen LogP contribution in [0.3, 0.4) is 0 Å². The summed E-state index contributed by atoms with van der Waals surface area (Å²) in [5.41, 5.74) is 5.09. The minimum atomic E-state index is -0.989. The van der Waals surface area contributed by atoms with Crippen LogP contribution in [0.25, 0.3) is 0 Å². The first-order valence-electron chi connectivity index (χ1n) is 4.30. The van der Waals surface area contributed by atoms with Crippen molar-refractivity contribution in [2.75, 3.05) is 14.2 Å². The minimum absolute atomic E-state index is 0.0390. The number of hydrogen-bond donors (Lipinski definition) is 1. The summed E-state index contributed by atoms with van der Waals surface area (Å²) >= 11 is 0. The van der Waals surface area contributed by atoms with E-state index in [9.17, 15) is 9.59 Å². The molecule has 0 spiro atoms. The monoisotopic (exact) mass is 225 g/mol. The fourth-order valence-corrected chi connectivity index (χ4v) is 0.966. The molecular weight excluding hydrogens is 214 g/mol. The Labute approximate surface area is 91.7 Å². The molecule has 0 unspecified atom stereocenters. The topological polar surface area (TPSA) is 94.8 Å². The van der Waals surface area contributed by atoms with Crippen molar-refractivity contribution in [3.8, 4) is 5.88 Å². The lowest BCUT2D eigenvalue weighted by Crippen LogP contribution is -2.25. The normalized spacial score (nSPS) is 9.62. The quantitative estimate of drug-likeness (QED) is 0.740. The molecule has 1 aromatic heterocycles. The van der Waals surface area contributed by atoms with Gasteiger partial charge in [0.05, 0.1) is 7.11 Å². The van der Waals surface area contributed by atoms with Crippen molar-refractivity contribution in [2.45, 2.75) is 0 Å². The maximum absolute atomic E-state index is 11.6. The molecule has 0 aliphatic heterocycles. The number of primary amides is 1. The van der Waals surface area contributed by atoms with E-state index >= 15 is 0 Å². The predicted octanol–water partition coefficient (Wildman–Crippen LogP) is 0.173. The molecule has 0 aromatic carbocycles. The highest BCUT2D eigenvalue weighted by Gasteiger charge is 2.12. The number of carbonyl (C=O) groups is 2. The van der Waals surface area contributed by atoms with Crippen molar-refractivity contribution in [1.82, 2.24) is 10.0 Å². The van der Waals surface area contributed by atoms with E-state index in [1.54, 1.807) is 0 Å². The van der Waals surface area contributed by atoms with Gasteiger partial charge in [-0.15, -0.1) is 0 Å². The smallest absolute Gasteiger partial charge is 0.391 e. The standard InChI is InChI=1S/C9H11N3O4/c1-12(15-2)8(13)6-3-4-11-7(5-6)16-9(10)14/h3-5H,1-2H3,(H2,10,14). The molecule has 0 radical (unpaired) electrons. The average molecular weight is 225 g/mol. The number of rotatable bonds is 3. The van der Waals surface area contributed by atoms with E-state index in [1.807, 2.05) is 0 Å². The molecule has 0 saturated carbocycles. The summed E-state index contributed by atoms with van der Waals surface area (Å²) < 4.78 is 4.53. The molecule has 1 heterocycles.